The van der Waals surface area contributed by atoms with Gasteiger partial charge in [0, 0.05) is 17.0 Å². The molecule has 0 aromatic heterocycles. The van der Waals surface area contributed by atoms with Crippen molar-refractivity contribution in [3.05, 3.63) is 34.6 Å². The van der Waals surface area contributed by atoms with Crippen molar-refractivity contribution in [3.8, 4) is 0 Å². The molecule has 1 aliphatic rings. The van der Waals surface area contributed by atoms with Gasteiger partial charge in [0.05, 0.1) is 0 Å². The van der Waals surface area contributed by atoms with Crippen LogP contribution in [0.2, 0.25) is 0 Å². The molecule has 0 aliphatic carbocycles. The third kappa shape index (κ3) is 2.18. The fourth-order valence-corrected chi connectivity index (χ4v) is 3.29. The molecule has 1 heterocycles. The molecular weight excluding hydrogens is 209 g/mol. The van der Waals surface area contributed by atoms with Crippen LogP contribution in [0, 0.1) is 12.7 Å². The predicted octanol–water partition coefficient (Wildman–Crippen LogP) is 3.16. The molecule has 0 saturated heterocycles. The first-order valence-electron chi connectivity index (χ1n) is 5.24. The van der Waals surface area contributed by atoms with Crippen LogP contribution in [0.1, 0.15) is 36.1 Å². The van der Waals surface area contributed by atoms with E-state index >= 15 is 0 Å². The summed E-state index contributed by atoms with van der Waals surface area (Å²) < 4.78 is 13.3. The normalized spacial score (nSPS) is 25.9. The zero-order chi connectivity index (χ0) is 11.0. The first kappa shape index (κ1) is 11.0. The summed E-state index contributed by atoms with van der Waals surface area (Å²) in [6.07, 6.45) is 0.931. The third-order valence-electron chi connectivity index (χ3n) is 2.97. The van der Waals surface area contributed by atoms with Gasteiger partial charge >= 0.3 is 0 Å². The number of aryl methyl sites for hydroxylation is 1. The molecule has 1 nitrogen and oxygen atoms in total. The fourth-order valence-electron chi connectivity index (χ4n) is 2.11. The summed E-state index contributed by atoms with van der Waals surface area (Å²) in [6, 6.07) is 3.19. The Morgan fingerprint density at radius 1 is 1.47 bits per heavy atom. The Kier molecular flexibility index (Phi) is 3.03. The number of nitrogens with two attached hydrogens (primary N) is 1. The summed E-state index contributed by atoms with van der Waals surface area (Å²) in [4.78, 5) is 0. The molecule has 82 valence electrons. The van der Waals surface area contributed by atoms with Crippen molar-refractivity contribution in [1.29, 1.82) is 0 Å². The monoisotopic (exact) mass is 225 g/mol. The highest BCUT2D eigenvalue weighted by molar-refractivity contribution is 7.99. The maximum atomic E-state index is 13.3. The zero-order valence-corrected chi connectivity index (χ0v) is 9.90. The Morgan fingerprint density at radius 2 is 2.20 bits per heavy atom. The molecule has 0 spiro atoms. The lowest BCUT2D eigenvalue weighted by atomic mass is 9.95. The highest BCUT2D eigenvalue weighted by atomic mass is 32.2. The van der Waals surface area contributed by atoms with Crippen molar-refractivity contribution < 1.29 is 4.39 Å². The second-order valence-electron chi connectivity index (χ2n) is 4.25. The molecule has 1 unspecified atom stereocenters. The van der Waals surface area contributed by atoms with Crippen LogP contribution in [-0.2, 0) is 5.75 Å². The summed E-state index contributed by atoms with van der Waals surface area (Å²) in [5.41, 5.74) is 9.36. The minimum Gasteiger partial charge on any atom is -0.324 e. The van der Waals surface area contributed by atoms with E-state index in [1.165, 1.54) is 5.56 Å². The molecule has 2 atom stereocenters. The molecule has 1 aliphatic heterocycles. The van der Waals surface area contributed by atoms with Gasteiger partial charge in [-0.3, -0.25) is 0 Å². The molecule has 0 bridgehead atoms. The number of thioether (sulfide) groups is 1. The first-order valence-corrected chi connectivity index (χ1v) is 6.29. The Hall–Kier alpha value is -0.540. The van der Waals surface area contributed by atoms with Crippen molar-refractivity contribution in [2.75, 3.05) is 0 Å². The second-order valence-corrected chi connectivity index (χ2v) is 5.68. The SMILES string of the molecule is Cc1cc(F)cc2c1CSC(C)C[C@H]2N. The molecule has 0 amide bonds. The van der Waals surface area contributed by atoms with Gasteiger partial charge in [-0.15, -0.1) is 0 Å². The predicted molar refractivity (Wildman–Crippen MR) is 63.4 cm³/mol. The quantitative estimate of drug-likeness (QED) is 0.734. The highest BCUT2D eigenvalue weighted by Gasteiger charge is 2.21. The van der Waals surface area contributed by atoms with Crippen LogP contribution >= 0.6 is 11.8 Å². The van der Waals surface area contributed by atoms with Gasteiger partial charge in [0.2, 0.25) is 0 Å². The Balaban J connectivity index is 2.48. The minimum atomic E-state index is -0.166. The van der Waals surface area contributed by atoms with E-state index in [-0.39, 0.29) is 11.9 Å². The number of rotatable bonds is 0. The molecule has 1 aromatic rings. The molecule has 1 aromatic carbocycles. The maximum Gasteiger partial charge on any atom is 0.123 e. The van der Waals surface area contributed by atoms with E-state index in [1.54, 1.807) is 12.1 Å². The maximum absolute atomic E-state index is 13.3. The van der Waals surface area contributed by atoms with E-state index in [1.807, 2.05) is 18.7 Å². The smallest absolute Gasteiger partial charge is 0.123 e. The summed E-state index contributed by atoms with van der Waals surface area (Å²) >= 11 is 1.90. The van der Waals surface area contributed by atoms with Crippen molar-refractivity contribution >= 4 is 11.8 Å². The summed E-state index contributed by atoms with van der Waals surface area (Å²) in [5.74, 6) is 0.789. The molecule has 0 fully saturated rings. The Bertz CT molecular complexity index is 378. The second kappa shape index (κ2) is 4.14. The van der Waals surface area contributed by atoms with Crippen LogP contribution in [0.25, 0.3) is 0 Å². The average molecular weight is 225 g/mol. The number of fused-ring (bicyclic) bond motifs is 1. The lowest BCUT2D eigenvalue weighted by Crippen LogP contribution is -2.14. The van der Waals surface area contributed by atoms with Gasteiger partial charge < -0.3 is 5.73 Å². The van der Waals surface area contributed by atoms with Gasteiger partial charge in [0.1, 0.15) is 5.82 Å². The van der Waals surface area contributed by atoms with Gasteiger partial charge in [0.25, 0.3) is 0 Å². The van der Waals surface area contributed by atoms with E-state index in [2.05, 4.69) is 6.92 Å². The zero-order valence-electron chi connectivity index (χ0n) is 9.09. The summed E-state index contributed by atoms with van der Waals surface area (Å²) in [7, 11) is 0. The molecule has 2 rings (SSSR count). The van der Waals surface area contributed by atoms with Crippen molar-refractivity contribution in [1.82, 2.24) is 0 Å². The van der Waals surface area contributed by atoms with Gasteiger partial charge in [-0.25, -0.2) is 4.39 Å². The Labute approximate surface area is 94.2 Å². The van der Waals surface area contributed by atoms with Gasteiger partial charge in [-0.05, 0) is 42.2 Å². The van der Waals surface area contributed by atoms with E-state index in [0.717, 1.165) is 23.3 Å². The molecule has 0 radical (unpaired) electrons. The van der Waals surface area contributed by atoms with Gasteiger partial charge in [-0.2, -0.15) is 11.8 Å². The number of benzene rings is 1. The van der Waals surface area contributed by atoms with E-state index < -0.39 is 0 Å². The largest absolute Gasteiger partial charge is 0.324 e. The molecule has 0 saturated carbocycles. The van der Waals surface area contributed by atoms with Crippen LogP contribution in [0.5, 0.6) is 0 Å². The van der Waals surface area contributed by atoms with Gasteiger partial charge in [0.15, 0.2) is 0 Å². The average Bonchev–Trinajstić information content (AvgIpc) is 2.27. The lowest BCUT2D eigenvalue weighted by molar-refractivity contribution is 0.607. The van der Waals surface area contributed by atoms with E-state index in [4.69, 9.17) is 5.73 Å². The standard InChI is InChI=1S/C12H16FNS/c1-7-3-9(13)5-10-11(7)6-15-8(2)4-12(10)14/h3,5,8,12H,4,6,14H2,1-2H3/t8?,12-/m1/s1. The third-order valence-corrected chi connectivity index (χ3v) is 4.19. The van der Waals surface area contributed by atoms with E-state index in [9.17, 15) is 4.39 Å². The lowest BCUT2D eigenvalue weighted by Gasteiger charge is -2.15. The van der Waals surface area contributed by atoms with Crippen LogP contribution in [-0.4, -0.2) is 5.25 Å². The van der Waals surface area contributed by atoms with Crippen molar-refractivity contribution in [2.45, 2.75) is 37.3 Å². The summed E-state index contributed by atoms with van der Waals surface area (Å²) in [5, 5.41) is 0.551. The van der Waals surface area contributed by atoms with Crippen LogP contribution in [0.4, 0.5) is 4.39 Å². The van der Waals surface area contributed by atoms with Crippen LogP contribution in [0.3, 0.4) is 0 Å². The van der Waals surface area contributed by atoms with Crippen molar-refractivity contribution in [3.63, 3.8) is 0 Å². The number of halogens is 1. The summed E-state index contributed by atoms with van der Waals surface area (Å²) in [6.45, 7) is 4.15. The van der Waals surface area contributed by atoms with Crippen LogP contribution in [0.15, 0.2) is 12.1 Å². The molecule has 2 N–H and O–H groups in total. The molecule has 3 heteroatoms. The fraction of sp³-hybridized carbons (Fsp3) is 0.500. The Morgan fingerprint density at radius 3 is 2.93 bits per heavy atom. The first-order chi connectivity index (χ1) is 7.08. The van der Waals surface area contributed by atoms with Crippen LogP contribution < -0.4 is 5.73 Å². The van der Waals surface area contributed by atoms with E-state index in [0.29, 0.717) is 5.25 Å². The number of hydrogen-bond donors (Lipinski definition) is 1. The van der Waals surface area contributed by atoms with Crippen molar-refractivity contribution in [2.24, 2.45) is 5.73 Å². The number of hydrogen-bond acceptors (Lipinski definition) is 2. The minimum absolute atomic E-state index is 0.0144. The molecular formula is C12H16FNS. The van der Waals surface area contributed by atoms with Gasteiger partial charge in [-0.1, -0.05) is 6.92 Å². The molecule has 15 heavy (non-hydrogen) atoms. The topological polar surface area (TPSA) is 26.0 Å². The highest BCUT2D eigenvalue weighted by Crippen LogP contribution is 2.35.